The van der Waals surface area contributed by atoms with Gasteiger partial charge < -0.3 is 14.4 Å². The minimum atomic E-state index is -0.521. The maximum atomic E-state index is 13.8. The van der Waals surface area contributed by atoms with Crippen molar-refractivity contribution in [2.75, 3.05) is 13.7 Å². The van der Waals surface area contributed by atoms with Crippen molar-refractivity contribution >= 4 is 12.1 Å². The standard InChI is InChI=1S/C29H31FN2O4/c1-18(2)25-24(27(33)35-5)23(20-11-13-21(30)14-12-20)22-15-32(17-29(3,4)26(22)31-25)28(34)36-16-19-9-7-6-8-10-19/h6-14,18H,15-17H2,1-5H3. The van der Waals surface area contributed by atoms with Gasteiger partial charge in [0.1, 0.15) is 12.4 Å². The highest BCUT2D eigenvalue weighted by atomic mass is 19.1. The molecule has 36 heavy (non-hydrogen) atoms. The molecule has 0 unspecified atom stereocenters. The van der Waals surface area contributed by atoms with Gasteiger partial charge in [-0.05, 0) is 29.2 Å². The Morgan fingerprint density at radius 3 is 2.36 bits per heavy atom. The minimum Gasteiger partial charge on any atom is -0.465 e. The van der Waals surface area contributed by atoms with E-state index in [1.54, 1.807) is 17.0 Å². The zero-order valence-electron chi connectivity index (χ0n) is 21.3. The van der Waals surface area contributed by atoms with Crippen molar-refractivity contribution in [3.63, 3.8) is 0 Å². The van der Waals surface area contributed by atoms with Crippen LogP contribution in [0.25, 0.3) is 11.1 Å². The van der Waals surface area contributed by atoms with Gasteiger partial charge in [-0.25, -0.2) is 14.0 Å². The second-order valence-electron chi connectivity index (χ2n) is 10.0. The fourth-order valence-electron chi connectivity index (χ4n) is 4.76. The predicted octanol–water partition coefficient (Wildman–Crippen LogP) is 6.23. The zero-order chi connectivity index (χ0) is 26.0. The zero-order valence-corrected chi connectivity index (χ0v) is 21.3. The number of nitrogens with zero attached hydrogens (tertiary/aromatic N) is 2. The molecule has 6 nitrogen and oxygen atoms in total. The predicted molar refractivity (Wildman–Crippen MR) is 135 cm³/mol. The Morgan fingerprint density at radius 2 is 1.75 bits per heavy atom. The number of esters is 1. The van der Waals surface area contributed by atoms with Crippen molar-refractivity contribution in [3.8, 4) is 11.1 Å². The Morgan fingerprint density at radius 1 is 1.08 bits per heavy atom. The second-order valence-corrected chi connectivity index (χ2v) is 10.0. The summed E-state index contributed by atoms with van der Waals surface area (Å²) in [5.74, 6) is -0.958. The van der Waals surface area contributed by atoms with Gasteiger partial charge in [-0.1, -0.05) is 70.2 Å². The average Bonchev–Trinajstić information content (AvgIpc) is 2.86. The van der Waals surface area contributed by atoms with E-state index >= 15 is 0 Å². The number of aromatic nitrogens is 1. The van der Waals surface area contributed by atoms with Gasteiger partial charge in [0.2, 0.25) is 0 Å². The van der Waals surface area contributed by atoms with Crippen molar-refractivity contribution < 1.29 is 23.5 Å². The monoisotopic (exact) mass is 490 g/mol. The molecule has 2 aromatic carbocycles. The second kappa shape index (κ2) is 10.1. The van der Waals surface area contributed by atoms with E-state index in [-0.39, 0.29) is 24.9 Å². The molecule has 0 aliphatic carbocycles. The number of pyridine rings is 1. The first kappa shape index (κ1) is 25.4. The first-order valence-electron chi connectivity index (χ1n) is 12.0. The third kappa shape index (κ3) is 4.96. The maximum Gasteiger partial charge on any atom is 0.410 e. The third-order valence-corrected chi connectivity index (χ3v) is 6.43. The number of carbonyl (C=O) groups is 2. The molecule has 4 rings (SSSR count). The fraction of sp³-hybridized carbons (Fsp3) is 0.345. The number of hydrogen-bond acceptors (Lipinski definition) is 5. The molecular weight excluding hydrogens is 459 g/mol. The summed E-state index contributed by atoms with van der Waals surface area (Å²) in [6, 6.07) is 15.5. The van der Waals surface area contributed by atoms with Crippen LogP contribution >= 0.6 is 0 Å². The summed E-state index contributed by atoms with van der Waals surface area (Å²) < 4.78 is 24.6. The summed E-state index contributed by atoms with van der Waals surface area (Å²) >= 11 is 0. The van der Waals surface area contributed by atoms with E-state index in [2.05, 4.69) is 0 Å². The molecule has 2 heterocycles. The van der Waals surface area contributed by atoms with Gasteiger partial charge in [-0.3, -0.25) is 4.98 Å². The molecule has 0 bridgehead atoms. The lowest BCUT2D eigenvalue weighted by atomic mass is 9.77. The molecule has 0 saturated heterocycles. The first-order valence-corrected chi connectivity index (χ1v) is 12.0. The number of methoxy groups -OCH3 is 1. The Hall–Kier alpha value is -3.74. The molecule has 0 radical (unpaired) electrons. The summed E-state index contributed by atoms with van der Waals surface area (Å²) in [6.45, 7) is 8.74. The van der Waals surface area contributed by atoms with Crippen LogP contribution in [0.5, 0.6) is 0 Å². The van der Waals surface area contributed by atoms with E-state index in [0.29, 0.717) is 28.9 Å². The van der Waals surface area contributed by atoms with Crippen LogP contribution in [0.3, 0.4) is 0 Å². The lowest BCUT2D eigenvalue weighted by Crippen LogP contribution is -2.46. The van der Waals surface area contributed by atoms with Crippen molar-refractivity contribution in [3.05, 3.63) is 88.5 Å². The number of amides is 1. The Balaban J connectivity index is 1.84. The topological polar surface area (TPSA) is 68.7 Å². The first-order chi connectivity index (χ1) is 17.1. The van der Waals surface area contributed by atoms with Crippen LogP contribution in [0.2, 0.25) is 0 Å². The molecule has 0 atom stereocenters. The van der Waals surface area contributed by atoms with Crippen molar-refractivity contribution in [2.45, 2.75) is 52.2 Å². The van der Waals surface area contributed by atoms with Gasteiger partial charge in [-0.2, -0.15) is 0 Å². The van der Waals surface area contributed by atoms with Crippen LogP contribution < -0.4 is 0 Å². The van der Waals surface area contributed by atoms with Crippen LogP contribution in [0.15, 0.2) is 54.6 Å². The largest absolute Gasteiger partial charge is 0.465 e. The molecule has 7 heteroatoms. The van der Waals surface area contributed by atoms with E-state index in [4.69, 9.17) is 14.5 Å². The van der Waals surface area contributed by atoms with Crippen LogP contribution in [0.1, 0.15) is 66.5 Å². The van der Waals surface area contributed by atoms with Gasteiger partial charge in [-0.15, -0.1) is 0 Å². The maximum absolute atomic E-state index is 13.8. The molecule has 0 saturated carbocycles. The summed E-state index contributed by atoms with van der Waals surface area (Å²) in [5, 5.41) is 0. The molecular formula is C29H31FN2O4. The van der Waals surface area contributed by atoms with Gasteiger partial charge in [0.25, 0.3) is 0 Å². The van der Waals surface area contributed by atoms with E-state index in [1.165, 1.54) is 19.2 Å². The third-order valence-electron chi connectivity index (χ3n) is 6.43. The molecule has 0 fully saturated rings. The molecule has 1 aromatic heterocycles. The number of benzene rings is 2. The summed E-state index contributed by atoms with van der Waals surface area (Å²) in [4.78, 5) is 32.8. The Bertz CT molecular complexity index is 1270. The highest BCUT2D eigenvalue weighted by molar-refractivity contribution is 6.00. The Labute approximate surface area is 211 Å². The number of hydrogen-bond donors (Lipinski definition) is 0. The number of fused-ring (bicyclic) bond motifs is 1. The quantitative estimate of drug-likeness (QED) is 0.397. The summed E-state index contributed by atoms with van der Waals surface area (Å²) in [5.41, 5.74) is 4.15. The van der Waals surface area contributed by atoms with Crippen LogP contribution in [-0.2, 0) is 28.0 Å². The lowest BCUT2D eigenvalue weighted by Gasteiger charge is -2.40. The molecule has 188 valence electrons. The van der Waals surface area contributed by atoms with Gasteiger partial charge in [0.05, 0.1) is 30.6 Å². The van der Waals surface area contributed by atoms with E-state index in [1.807, 2.05) is 58.0 Å². The van der Waals surface area contributed by atoms with Crippen molar-refractivity contribution in [1.29, 1.82) is 0 Å². The smallest absolute Gasteiger partial charge is 0.410 e. The van der Waals surface area contributed by atoms with Crippen LogP contribution in [0.4, 0.5) is 9.18 Å². The Kier molecular flexibility index (Phi) is 7.11. The number of carbonyl (C=O) groups excluding carboxylic acids is 2. The summed E-state index contributed by atoms with van der Waals surface area (Å²) in [7, 11) is 1.33. The van der Waals surface area contributed by atoms with Crippen LogP contribution in [0, 0.1) is 5.82 Å². The summed E-state index contributed by atoms with van der Waals surface area (Å²) in [6.07, 6.45) is -0.449. The minimum absolute atomic E-state index is 0.0618. The highest BCUT2D eigenvalue weighted by Crippen LogP contribution is 2.42. The molecule has 1 aliphatic heterocycles. The fourth-order valence-corrected chi connectivity index (χ4v) is 4.76. The van der Waals surface area contributed by atoms with Crippen molar-refractivity contribution in [2.24, 2.45) is 0 Å². The van der Waals surface area contributed by atoms with E-state index < -0.39 is 17.5 Å². The molecule has 1 aliphatic rings. The molecule has 0 N–H and O–H groups in total. The molecule has 1 amide bonds. The number of rotatable bonds is 5. The van der Waals surface area contributed by atoms with Gasteiger partial charge >= 0.3 is 12.1 Å². The van der Waals surface area contributed by atoms with Crippen LogP contribution in [-0.4, -0.2) is 35.6 Å². The van der Waals surface area contributed by atoms with E-state index in [0.717, 1.165) is 16.8 Å². The normalized spacial score (nSPS) is 14.4. The van der Waals surface area contributed by atoms with Gasteiger partial charge in [0, 0.05) is 23.1 Å². The van der Waals surface area contributed by atoms with E-state index in [9.17, 15) is 14.0 Å². The lowest BCUT2D eigenvalue weighted by molar-refractivity contribution is 0.0598. The number of ether oxygens (including phenoxy) is 2. The number of halogens is 1. The van der Waals surface area contributed by atoms with Gasteiger partial charge in [0.15, 0.2) is 0 Å². The average molecular weight is 491 g/mol. The highest BCUT2D eigenvalue weighted by Gasteiger charge is 2.40. The molecule has 0 spiro atoms. The molecule has 3 aromatic rings. The SMILES string of the molecule is COC(=O)c1c(C(C)C)nc2c(c1-c1ccc(F)cc1)CN(C(=O)OCc1ccccc1)CC2(C)C. The van der Waals surface area contributed by atoms with Crippen molar-refractivity contribution in [1.82, 2.24) is 9.88 Å².